The van der Waals surface area contributed by atoms with Gasteiger partial charge in [-0.05, 0) is 35.7 Å². The first kappa shape index (κ1) is 19.9. The fraction of sp³-hybridized carbons (Fsp3) is 0.350. The molecule has 3 atom stereocenters. The van der Waals surface area contributed by atoms with E-state index in [0.717, 1.165) is 25.2 Å². The van der Waals surface area contributed by atoms with E-state index in [1.54, 1.807) is 12.1 Å². The molecule has 0 radical (unpaired) electrons. The van der Waals surface area contributed by atoms with Crippen molar-refractivity contribution in [2.24, 2.45) is 11.8 Å². The average molecular weight is 407 g/mol. The SMILES string of the molecule is CS(=O)(=O)c1ccc(C(=O)N2C[C@@H]3CNC[C@@H]3[C@H]2c2ccccc2)cc1.Cl. The number of halogens is 1. The maximum absolute atomic E-state index is 13.2. The molecule has 27 heavy (non-hydrogen) atoms. The number of sulfone groups is 1. The number of carbonyl (C=O) groups is 1. The van der Waals surface area contributed by atoms with E-state index in [2.05, 4.69) is 17.4 Å². The van der Waals surface area contributed by atoms with Crippen LogP contribution in [0.4, 0.5) is 0 Å². The normalized spacial score (nSPS) is 24.3. The molecule has 2 aromatic carbocycles. The number of likely N-dealkylation sites (tertiary alicyclic amines) is 1. The smallest absolute Gasteiger partial charge is 0.254 e. The molecule has 2 aliphatic rings. The van der Waals surface area contributed by atoms with E-state index in [1.165, 1.54) is 18.4 Å². The van der Waals surface area contributed by atoms with Gasteiger partial charge >= 0.3 is 0 Å². The Kier molecular flexibility index (Phi) is 5.60. The second kappa shape index (κ2) is 7.62. The second-order valence-electron chi connectivity index (χ2n) is 7.19. The third kappa shape index (κ3) is 3.74. The van der Waals surface area contributed by atoms with E-state index in [4.69, 9.17) is 0 Å². The minimum atomic E-state index is -3.26. The standard InChI is InChI=1S/C20H22N2O3S.ClH/c1-26(24,25)17-9-7-15(8-10-17)20(23)22-13-16-11-21-12-18(16)19(22)14-5-3-2-4-6-14;/h2-10,16,18-19,21H,11-13H2,1H3;1H/t16-,18-,19+;/m0./s1. The van der Waals surface area contributed by atoms with Gasteiger partial charge in [-0.3, -0.25) is 4.79 Å². The number of rotatable bonds is 3. The molecule has 2 aliphatic heterocycles. The molecule has 144 valence electrons. The first-order chi connectivity index (χ1) is 12.4. The molecule has 0 saturated carbocycles. The van der Waals surface area contributed by atoms with E-state index in [-0.39, 0.29) is 29.3 Å². The summed E-state index contributed by atoms with van der Waals surface area (Å²) in [6, 6.07) is 16.5. The van der Waals surface area contributed by atoms with Crippen molar-refractivity contribution < 1.29 is 13.2 Å². The predicted octanol–water partition coefficient (Wildman–Crippen LogP) is 2.54. The lowest BCUT2D eigenvalue weighted by Crippen LogP contribution is -2.34. The zero-order chi connectivity index (χ0) is 18.3. The summed E-state index contributed by atoms with van der Waals surface area (Å²) in [5.41, 5.74) is 1.69. The van der Waals surface area contributed by atoms with Gasteiger partial charge in [-0.1, -0.05) is 30.3 Å². The van der Waals surface area contributed by atoms with Gasteiger partial charge in [0.15, 0.2) is 9.84 Å². The Bertz CT molecular complexity index is 916. The average Bonchev–Trinajstić information content (AvgIpc) is 3.22. The summed E-state index contributed by atoms with van der Waals surface area (Å²) in [6.45, 7) is 2.58. The van der Waals surface area contributed by atoms with Gasteiger partial charge in [-0.15, -0.1) is 12.4 Å². The van der Waals surface area contributed by atoms with E-state index < -0.39 is 9.84 Å². The second-order valence-corrected chi connectivity index (χ2v) is 9.21. The van der Waals surface area contributed by atoms with Crippen molar-refractivity contribution in [3.05, 3.63) is 65.7 Å². The lowest BCUT2D eigenvalue weighted by molar-refractivity contribution is 0.0714. The van der Waals surface area contributed by atoms with E-state index in [1.807, 2.05) is 23.1 Å². The zero-order valence-electron chi connectivity index (χ0n) is 15.0. The van der Waals surface area contributed by atoms with Gasteiger partial charge in [0.25, 0.3) is 5.91 Å². The zero-order valence-corrected chi connectivity index (χ0v) is 16.7. The molecule has 2 fully saturated rings. The Morgan fingerprint density at radius 3 is 2.33 bits per heavy atom. The number of nitrogens with zero attached hydrogens (tertiary/aromatic N) is 1. The molecule has 2 saturated heterocycles. The number of hydrogen-bond acceptors (Lipinski definition) is 4. The molecular weight excluding hydrogens is 384 g/mol. The molecule has 0 aliphatic carbocycles. The quantitative estimate of drug-likeness (QED) is 0.850. The van der Waals surface area contributed by atoms with Gasteiger partial charge in [0.1, 0.15) is 0 Å². The van der Waals surface area contributed by atoms with Crippen molar-refractivity contribution in [1.29, 1.82) is 0 Å². The van der Waals surface area contributed by atoms with Gasteiger partial charge in [0, 0.05) is 37.4 Å². The highest BCUT2D eigenvalue weighted by Gasteiger charge is 2.46. The fourth-order valence-corrected chi connectivity index (χ4v) is 4.85. The van der Waals surface area contributed by atoms with Crippen molar-refractivity contribution in [3.8, 4) is 0 Å². The van der Waals surface area contributed by atoms with Crippen molar-refractivity contribution in [1.82, 2.24) is 10.2 Å². The molecule has 0 spiro atoms. The van der Waals surface area contributed by atoms with Crippen LogP contribution in [0, 0.1) is 11.8 Å². The fourth-order valence-electron chi connectivity index (χ4n) is 4.22. The highest BCUT2D eigenvalue weighted by Crippen LogP contribution is 2.43. The lowest BCUT2D eigenvalue weighted by Gasteiger charge is -2.28. The molecule has 2 aromatic rings. The molecule has 5 nitrogen and oxygen atoms in total. The van der Waals surface area contributed by atoms with Crippen molar-refractivity contribution in [2.45, 2.75) is 10.9 Å². The van der Waals surface area contributed by atoms with E-state index in [0.29, 0.717) is 17.4 Å². The highest BCUT2D eigenvalue weighted by atomic mass is 35.5. The summed E-state index contributed by atoms with van der Waals surface area (Å²) < 4.78 is 23.3. The number of carbonyl (C=O) groups excluding carboxylic acids is 1. The number of fused-ring (bicyclic) bond motifs is 1. The molecule has 0 unspecified atom stereocenters. The van der Waals surface area contributed by atoms with Gasteiger partial charge in [-0.25, -0.2) is 8.42 Å². The molecule has 4 rings (SSSR count). The van der Waals surface area contributed by atoms with Crippen molar-refractivity contribution >= 4 is 28.2 Å². The van der Waals surface area contributed by atoms with Crippen LogP contribution in [-0.2, 0) is 9.84 Å². The van der Waals surface area contributed by atoms with Gasteiger partial charge < -0.3 is 10.2 Å². The van der Waals surface area contributed by atoms with Crippen LogP contribution in [0.15, 0.2) is 59.5 Å². The molecule has 0 bridgehead atoms. The predicted molar refractivity (Wildman–Crippen MR) is 107 cm³/mol. The minimum Gasteiger partial charge on any atom is -0.331 e. The Hall–Kier alpha value is -1.89. The van der Waals surface area contributed by atoms with Crippen LogP contribution in [0.2, 0.25) is 0 Å². The summed E-state index contributed by atoms with van der Waals surface area (Å²) in [4.78, 5) is 15.4. The number of amides is 1. The minimum absolute atomic E-state index is 0. The van der Waals surface area contributed by atoms with Crippen LogP contribution in [-0.4, -0.2) is 45.1 Å². The Balaban J connectivity index is 0.00000210. The van der Waals surface area contributed by atoms with E-state index in [9.17, 15) is 13.2 Å². The van der Waals surface area contributed by atoms with Gasteiger partial charge in [-0.2, -0.15) is 0 Å². The summed E-state index contributed by atoms with van der Waals surface area (Å²) in [6.07, 6.45) is 1.17. The molecule has 0 aromatic heterocycles. The maximum Gasteiger partial charge on any atom is 0.254 e. The molecular formula is C20H23ClN2O3S. The third-order valence-corrected chi connectivity index (χ3v) is 6.62. The first-order valence-electron chi connectivity index (χ1n) is 8.82. The Morgan fingerprint density at radius 2 is 1.70 bits per heavy atom. The van der Waals surface area contributed by atoms with Crippen molar-refractivity contribution in [3.63, 3.8) is 0 Å². The van der Waals surface area contributed by atoms with Crippen LogP contribution < -0.4 is 5.32 Å². The van der Waals surface area contributed by atoms with Crippen LogP contribution in [0.5, 0.6) is 0 Å². The molecule has 1 amide bonds. The van der Waals surface area contributed by atoms with Crippen molar-refractivity contribution in [2.75, 3.05) is 25.9 Å². The van der Waals surface area contributed by atoms with Crippen LogP contribution in [0.25, 0.3) is 0 Å². The van der Waals surface area contributed by atoms with Crippen LogP contribution in [0.1, 0.15) is 22.0 Å². The summed E-state index contributed by atoms with van der Waals surface area (Å²) in [5.74, 6) is 0.837. The first-order valence-corrected chi connectivity index (χ1v) is 10.7. The lowest BCUT2D eigenvalue weighted by atomic mass is 9.89. The third-order valence-electron chi connectivity index (χ3n) is 5.50. The van der Waals surface area contributed by atoms with Gasteiger partial charge in [0.2, 0.25) is 0 Å². The molecule has 2 heterocycles. The largest absolute Gasteiger partial charge is 0.331 e. The summed E-state index contributed by atoms with van der Waals surface area (Å²) in [5, 5.41) is 3.44. The highest BCUT2D eigenvalue weighted by molar-refractivity contribution is 7.90. The molecule has 1 N–H and O–H groups in total. The van der Waals surface area contributed by atoms with Crippen LogP contribution >= 0.6 is 12.4 Å². The van der Waals surface area contributed by atoms with Gasteiger partial charge in [0.05, 0.1) is 10.9 Å². The molecule has 7 heteroatoms. The van der Waals surface area contributed by atoms with E-state index >= 15 is 0 Å². The summed E-state index contributed by atoms with van der Waals surface area (Å²) in [7, 11) is -3.26. The topological polar surface area (TPSA) is 66.5 Å². The Morgan fingerprint density at radius 1 is 1.04 bits per heavy atom. The number of benzene rings is 2. The number of hydrogen-bond donors (Lipinski definition) is 1. The summed E-state index contributed by atoms with van der Waals surface area (Å²) >= 11 is 0. The monoisotopic (exact) mass is 406 g/mol. The van der Waals surface area contributed by atoms with Crippen LogP contribution in [0.3, 0.4) is 0 Å². The Labute approximate surface area is 166 Å². The maximum atomic E-state index is 13.2. The number of nitrogens with one attached hydrogen (secondary N) is 1.